The number of benzene rings is 1. The van der Waals surface area contributed by atoms with Crippen molar-refractivity contribution in [1.29, 1.82) is 0 Å². The maximum Gasteiger partial charge on any atom is 0.0750 e. The van der Waals surface area contributed by atoms with E-state index in [4.69, 9.17) is 10.5 Å². The SMILES string of the molecule is CCOC1CCCN(c2ccc(C(N)CC)cc2)C1. The van der Waals surface area contributed by atoms with Crippen LogP contribution in [0.4, 0.5) is 5.69 Å². The molecular weight excluding hydrogens is 236 g/mol. The van der Waals surface area contributed by atoms with Gasteiger partial charge in [-0.1, -0.05) is 19.1 Å². The van der Waals surface area contributed by atoms with E-state index in [9.17, 15) is 0 Å². The third-order valence-corrected chi connectivity index (χ3v) is 3.91. The van der Waals surface area contributed by atoms with Crippen molar-refractivity contribution in [2.45, 2.75) is 45.3 Å². The molecule has 2 N–H and O–H groups in total. The molecule has 0 bridgehead atoms. The number of hydrogen-bond acceptors (Lipinski definition) is 3. The Hall–Kier alpha value is -1.06. The highest BCUT2D eigenvalue weighted by atomic mass is 16.5. The molecule has 1 aromatic carbocycles. The number of nitrogens with zero attached hydrogens (tertiary/aromatic N) is 1. The molecule has 1 heterocycles. The predicted molar refractivity (Wildman–Crippen MR) is 80.5 cm³/mol. The second kappa shape index (κ2) is 6.92. The zero-order chi connectivity index (χ0) is 13.7. The summed E-state index contributed by atoms with van der Waals surface area (Å²) in [7, 11) is 0. The number of anilines is 1. The van der Waals surface area contributed by atoms with E-state index in [1.54, 1.807) is 0 Å². The molecule has 3 heteroatoms. The Bertz CT molecular complexity index is 375. The molecule has 3 nitrogen and oxygen atoms in total. The summed E-state index contributed by atoms with van der Waals surface area (Å²) in [5.41, 5.74) is 8.57. The van der Waals surface area contributed by atoms with Gasteiger partial charge in [-0.15, -0.1) is 0 Å². The van der Waals surface area contributed by atoms with E-state index in [2.05, 4.69) is 43.0 Å². The third kappa shape index (κ3) is 3.71. The van der Waals surface area contributed by atoms with E-state index < -0.39 is 0 Å². The summed E-state index contributed by atoms with van der Waals surface area (Å²) in [6.07, 6.45) is 3.76. The lowest BCUT2D eigenvalue weighted by atomic mass is 10.0. The summed E-state index contributed by atoms with van der Waals surface area (Å²) < 4.78 is 5.75. The monoisotopic (exact) mass is 262 g/mol. The number of hydrogen-bond donors (Lipinski definition) is 1. The first kappa shape index (κ1) is 14.4. The average Bonchev–Trinajstić information content (AvgIpc) is 2.47. The number of nitrogens with two attached hydrogens (primary N) is 1. The zero-order valence-electron chi connectivity index (χ0n) is 12.1. The van der Waals surface area contributed by atoms with Gasteiger partial charge in [-0.25, -0.2) is 0 Å². The zero-order valence-corrected chi connectivity index (χ0v) is 12.1. The summed E-state index contributed by atoms with van der Waals surface area (Å²) >= 11 is 0. The summed E-state index contributed by atoms with van der Waals surface area (Å²) in [5.74, 6) is 0. The van der Waals surface area contributed by atoms with Crippen molar-refractivity contribution in [2.24, 2.45) is 5.73 Å². The van der Waals surface area contributed by atoms with Gasteiger partial charge in [0.2, 0.25) is 0 Å². The normalized spacial score (nSPS) is 21.4. The minimum Gasteiger partial charge on any atom is -0.377 e. The molecule has 1 saturated heterocycles. The first-order valence-electron chi connectivity index (χ1n) is 7.46. The van der Waals surface area contributed by atoms with E-state index in [1.807, 2.05) is 0 Å². The average molecular weight is 262 g/mol. The maximum absolute atomic E-state index is 6.05. The van der Waals surface area contributed by atoms with Gasteiger partial charge in [0.1, 0.15) is 0 Å². The second-order valence-electron chi connectivity index (χ2n) is 5.27. The van der Waals surface area contributed by atoms with Gasteiger partial charge in [0.15, 0.2) is 0 Å². The Morgan fingerprint density at radius 3 is 2.68 bits per heavy atom. The molecule has 0 spiro atoms. The first-order chi connectivity index (χ1) is 9.24. The van der Waals surface area contributed by atoms with Crippen LogP contribution in [0.3, 0.4) is 0 Å². The fourth-order valence-corrected chi connectivity index (χ4v) is 2.71. The lowest BCUT2D eigenvalue weighted by Gasteiger charge is -2.34. The molecule has 1 aliphatic heterocycles. The van der Waals surface area contributed by atoms with E-state index >= 15 is 0 Å². The quantitative estimate of drug-likeness (QED) is 0.886. The topological polar surface area (TPSA) is 38.5 Å². The van der Waals surface area contributed by atoms with Crippen LogP contribution in [-0.2, 0) is 4.74 Å². The van der Waals surface area contributed by atoms with Crippen molar-refractivity contribution in [3.05, 3.63) is 29.8 Å². The second-order valence-corrected chi connectivity index (χ2v) is 5.27. The minimum atomic E-state index is 0.159. The summed E-state index contributed by atoms with van der Waals surface area (Å²) in [6.45, 7) is 7.13. The predicted octanol–water partition coefficient (Wildman–Crippen LogP) is 3.10. The molecule has 2 unspecified atom stereocenters. The van der Waals surface area contributed by atoms with E-state index in [0.29, 0.717) is 6.10 Å². The Morgan fingerprint density at radius 1 is 1.32 bits per heavy atom. The van der Waals surface area contributed by atoms with Crippen LogP contribution in [0, 0.1) is 0 Å². The van der Waals surface area contributed by atoms with Crippen LogP contribution in [-0.4, -0.2) is 25.8 Å². The standard InChI is InChI=1S/C16H26N2O/c1-3-16(17)13-7-9-14(10-8-13)18-11-5-6-15(12-18)19-4-2/h7-10,15-16H,3-6,11-12,17H2,1-2H3. The van der Waals surface area contributed by atoms with Crippen molar-refractivity contribution < 1.29 is 4.74 Å². The molecule has 1 aromatic rings. The van der Waals surface area contributed by atoms with Crippen LogP contribution in [0.25, 0.3) is 0 Å². The van der Waals surface area contributed by atoms with Gasteiger partial charge in [0, 0.05) is 31.4 Å². The van der Waals surface area contributed by atoms with Crippen LogP contribution in [0.1, 0.15) is 44.7 Å². The van der Waals surface area contributed by atoms with Gasteiger partial charge in [-0.2, -0.15) is 0 Å². The Balaban J connectivity index is 2.01. The number of piperidine rings is 1. The van der Waals surface area contributed by atoms with Gasteiger partial charge in [0.25, 0.3) is 0 Å². The molecule has 0 saturated carbocycles. The Kier molecular flexibility index (Phi) is 5.23. The lowest BCUT2D eigenvalue weighted by Crippen LogP contribution is -2.39. The number of rotatable bonds is 5. The van der Waals surface area contributed by atoms with Crippen molar-refractivity contribution >= 4 is 5.69 Å². The van der Waals surface area contributed by atoms with Gasteiger partial charge in [-0.3, -0.25) is 0 Å². The van der Waals surface area contributed by atoms with Crippen LogP contribution in [0.2, 0.25) is 0 Å². The molecule has 0 radical (unpaired) electrons. The smallest absolute Gasteiger partial charge is 0.0750 e. The van der Waals surface area contributed by atoms with Gasteiger partial charge in [0.05, 0.1) is 6.10 Å². The van der Waals surface area contributed by atoms with Crippen LogP contribution in [0.5, 0.6) is 0 Å². The minimum absolute atomic E-state index is 0.159. The largest absolute Gasteiger partial charge is 0.377 e. The molecule has 0 aromatic heterocycles. The summed E-state index contributed by atoms with van der Waals surface area (Å²) in [5, 5.41) is 0. The van der Waals surface area contributed by atoms with E-state index in [-0.39, 0.29) is 6.04 Å². The van der Waals surface area contributed by atoms with Gasteiger partial charge < -0.3 is 15.4 Å². The van der Waals surface area contributed by atoms with Crippen molar-refractivity contribution in [3.63, 3.8) is 0 Å². The van der Waals surface area contributed by atoms with Crippen molar-refractivity contribution in [3.8, 4) is 0 Å². The molecule has 2 rings (SSSR count). The van der Waals surface area contributed by atoms with E-state index in [1.165, 1.54) is 24.1 Å². The molecular formula is C16H26N2O. The lowest BCUT2D eigenvalue weighted by molar-refractivity contribution is 0.0527. The molecule has 1 fully saturated rings. The molecule has 106 valence electrons. The summed E-state index contributed by atoms with van der Waals surface area (Å²) in [4.78, 5) is 2.42. The van der Waals surface area contributed by atoms with E-state index in [0.717, 1.165) is 26.1 Å². The molecule has 2 atom stereocenters. The van der Waals surface area contributed by atoms with Crippen LogP contribution < -0.4 is 10.6 Å². The van der Waals surface area contributed by atoms with Gasteiger partial charge in [-0.05, 0) is 43.9 Å². The summed E-state index contributed by atoms with van der Waals surface area (Å²) in [6, 6.07) is 8.87. The highest BCUT2D eigenvalue weighted by molar-refractivity contribution is 5.48. The molecule has 0 aliphatic carbocycles. The highest BCUT2D eigenvalue weighted by Crippen LogP contribution is 2.23. The molecule has 1 aliphatic rings. The van der Waals surface area contributed by atoms with Crippen LogP contribution in [0.15, 0.2) is 24.3 Å². The Labute approximate surface area is 116 Å². The third-order valence-electron chi connectivity index (χ3n) is 3.91. The fourth-order valence-electron chi connectivity index (χ4n) is 2.71. The van der Waals surface area contributed by atoms with Crippen molar-refractivity contribution in [1.82, 2.24) is 0 Å². The maximum atomic E-state index is 6.05. The first-order valence-corrected chi connectivity index (χ1v) is 7.46. The van der Waals surface area contributed by atoms with Gasteiger partial charge >= 0.3 is 0 Å². The van der Waals surface area contributed by atoms with Crippen LogP contribution >= 0.6 is 0 Å². The molecule has 19 heavy (non-hydrogen) atoms. The van der Waals surface area contributed by atoms with Crippen molar-refractivity contribution in [2.75, 3.05) is 24.6 Å². The Morgan fingerprint density at radius 2 is 2.05 bits per heavy atom. The highest BCUT2D eigenvalue weighted by Gasteiger charge is 2.20. The number of ether oxygens (including phenoxy) is 1. The fraction of sp³-hybridized carbons (Fsp3) is 0.625. The molecule has 0 amide bonds.